The molecule has 0 aliphatic carbocycles. The molecular formula is C23H23IN2O4. The van der Waals surface area contributed by atoms with E-state index in [0.717, 1.165) is 20.6 Å². The number of hydrogen-bond donors (Lipinski definition) is 0. The van der Waals surface area contributed by atoms with Crippen molar-refractivity contribution < 1.29 is 19.1 Å². The molecule has 0 saturated carbocycles. The lowest BCUT2D eigenvalue weighted by atomic mass is 10.1. The van der Waals surface area contributed by atoms with E-state index in [2.05, 4.69) is 27.7 Å². The number of amides is 2. The molecule has 30 heavy (non-hydrogen) atoms. The molecule has 2 amide bonds. The Kier molecular flexibility index (Phi) is 7.25. The fourth-order valence-corrected chi connectivity index (χ4v) is 3.75. The average molecular weight is 518 g/mol. The van der Waals surface area contributed by atoms with Gasteiger partial charge in [-0.25, -0.2) is 0 Å². The van der Waals surface area contributed by atoms with Crippen molar-refractivity contribution in [1.29, 1.82) is 0 Å². The number of halogens is 1. The molecule has 0 bridgehead atoms. The van der Waals surface area contributed by atoms with Crippen molar-refractivity contribution in [1.82, 2.24) is 5.01 Å². The zero-order chi connectivity index (χ0) is 21.7. The Morgan fingerprint density at radius 3 is 2.57 bits per heavy atom. The minimum absolute atomic E-state index is 0.375. The number of carbonyl (C=O) groups excluding carboxylic acids is 2. The van der Waals surface area contributed by atoms with Crippen LogP contribution in [0.25, 0.3) is 6.08 Å². The number of hydrazone groups is 1. The van der Waals surface area contributed by atoms with E-state index in [1.54, 1.807) is 37.3 Å². The van der Waals surface area contributed by atoms with Crippen LogP contribution in [0.5, 0.6) is 11.5 Å². The highest BCUT2D eigenvalue weighted by Gasteiger charge is 2.33. The second-order valence-electron chi connectivity index (χ2n) is 6.64. The lowest BCUT2D eigenvalue weighted by molar-refractivity contribution is -0.123. The zero-order valence-electron chi connectivity index (χ0n) is 17.1. The third kappa shape index (κ3) is 4.72. The van der Waals surface area contributed by atoms with Gasteiger partial charge in [0.05, 0.1) is 28.1 Å². The fraction of sp³-hybridized carbons (Fsp3) is 0.261. The quantitative estimate of drug-likeness (QED) is 0.297. The molecule has 0 spiro atoms. The van der Waals surface area contributed by atoms with Crippen LogP contribution in [0.2, 0.25) is 0 Å². The topological polar surface area (TPSA) is 68.2 Å². The zero-order valence-corrected chi connectivity index (χ0v) is 19.3. The molecule has 0 atom stereocenters. The van der Waals surface area contributed by atoms with Gasteiger partial charge in [0.25, 0.3) is 11.8 Å². The van der Waals surface area contributed by atoms with Crippen LogP contribution in [0.15, 0.2) is 53.1 Å². The summed E-state index contributed by atoms with van der Waals surface area (Å²) in [5, 5.41) is 5.11. The van der Waals surface area contributed by atoms with Crippen molar-refractivity contribution in [3.05, 3.63) is 62.7 Å². The molecule has 1 aliphatic heterocycles. The van der Waals surface area contributed by atoms with Gasteiger partial charge in [-0.05, 0) is 78.8 Å². The number of rotatable bonds is 7. The van der Waals surface area contributed by atoms with E-state index in [0.29, 0.717) is 41.6 Å². The summed E-state index contributed by atoms with van der Waals surface area (Å²) < 4.78 is 12.5. The maximum Gasteiger partial charge on any atom is 0.283 e. The highest BCUT2D eigenvalue weighted by atomic mass is 127. The highest BCUT2D eigenvalue weighted by molar-refractivity contribution is 14.1. The second-order valence-corrected chi connectivity index (χ2v) is 7.81. The molecule has 1 aliphatic rings. The normalized spacial score (nSPS) is 14.8. The van der Waals surface area contributed by atoms with Crippen molar-refractivity contribution in [2.75, 3.05) is 13.2 Å². The van der Waals surface area contributed by atoms with Crippen LogP contribution in [-0.2, 0) is 4.79 Å². The van der Waals surface area contributed by atoms with Gasteiger partial charge in [0.15, 0.2) is 11.5 Å². The molecule has 1 heterocycles. The van der Waals surface area contributed by atoms with Crippen molar-refractivity contribution in [2.45, 2.75) is 27.2 Å². The molecule has 6 nitrogen and oxygen atoms in total. The Hall–Kier alpha value is -2.68. The Balaban J connectivity index is 1.92. The predicted molar refractivity (Wildman–Crippen MR) is 125 cm³/mol. The summed E-state index contributed by atoms with van der Waals surface area (Å²) in [6, 6.07) is 12.4. The van der Waals surface area contributed by atoms with E-state index in [1.807, 2.05) is 32.0 Å². The van der Waals surface area contributed by atoms with Crippen molar-refractivity contribution in [3.63, 3.8) is 0 Å². The van der Waals surface area contributed by atoms with E-state index < -0.39 is 11.8 Å². The van der Waals surface area contributed by atoms with Crippen LogP contribution in [0, 0.1) is 3.57 Å². The first-order chi connectivity index (χ1) is 14.5. The Labute approximate surface area is 189 Å². The van der Waals surface area contributed by atoms with Gasteiger partial charge in [-0.15, -0.1) is 0 Å². The fourth-order valence-electron chi connectivity index (χ4n) is 2.97. The average Bonchev–Trinajstić information content (AvgIpc) is 3.02. The molecule has 0 radical (unpaired) electrons. The van der Waals surface area contributed by atoms with Crippen molar-refractivity contribution in [2.24, 2.45) is 5.10 Å². The number of hydrogen-bond acceptors (Lipinski definition) is 5. The first-order valence-electron chi connectivity index (χ1n) is 9.76. The first kappa shape index (κ1) is 22.0. The van der Waals surface area contributed by atoms with Gasteiger partial charge < -0.3 is 9.47 Å². The van der Waals surface area contributed by atoms with E-state index >= 15 is 0 Å². The Morgan fingerprint density at radius 2 is 1.90 bits per heavy atom. The molecule has 0 N–H and O–H groups in total. The molecule has 156 valence electrons. The number of carbonyl (C=O) groups is 2. The summed E-state index contributed by atoms with van der Waals surface area (Å²) in [5.74, 6) is 0.435. The molecular weight excluding hydrogens is 495 g/mol. The number of imide groups is 1. The summed E-state index contributed by atoms with van der Waals surface area (Å²) in [4.78, 5) is 25.6. The SMILES string of the molecule is CCCOc1c(I)cc(/C=C2/C(=O)N(C(=O)c3ccccc3)N=C2C)cc1OCC. The molecule has 0 saturated heterocycles. The molecule has 0 fully saturated rings. The van der Waals surface area contributed by atoms with Gasteiger partial charge >= 0.3 is 0 Å². The standard InChI is InChI=1S/C23H23IN2O4/c1-4-11-30-21-19(24)13-16(14-20(21)29-5-2)12-18-15(3)25-26(23(18)28)22(27)17-9-7-6-8-10-17/h6-10,12-14H,4-5,11H2,1-3H3/b18-12+. The largest absolute Gasteiger partial charge is 0.490 e. The van der Waals surface area contributed by atoms with Crippen LogP contribution < -0.4 is 9.47 Å². The third-order valence-corrected chi connectivity index (χ3v) is 5.17. The van der Waals surface area contributed by atoms with Crippen LogP contribution in [0.3, 0.4) is 0 Å². The minimum Gasteiger partial charge on any atom is -0.490 e. The van der Waals surface area contributed by atoms with E-state index in [9.17, 15) is 9.59 Å². The molecule has 0 unspecified atom stereocenters. The van der Waals surface area contributed by atoms with Gasteiger partial charge in [0, 0.05) is 5.56 Å². The van der Waals surface area contributed by atoms with Gasteiger partial charge in [0.2, 0.25) is 0 Å². The van der Waals surface area contributed by atoms with Crippen LogP contribution >= 0.6 is 22.6 Å². The summed E-state index contributed by atoms with van der Waals surface area (Å²) in [5.41, 5.74) is 2.05. The number of nitrogens with zero attached hydrogens (tertiary/aromatic N) is 2. The third-order valence-electron chi connectivity index (χ3n) is 4.37. The van der Waals surface area contributed by atoms with Crippen LogP contribution in [-0.4, -0.2) is 35.7 Å². The lowest BCUT2D eigenvalue weighted by Crippen LogP contribution is -2.29. The van der Waals surface area contributed by atoms with Gasteiger partial charge in [-0.2, -0.15) is 10.1 Å². The summed E-state index contributed by atoms with van der Waals surface area (Å²) in [6.45, 7) is 6.76. The summed E-state index contributed by atoms with van der Waals surface area (Å²) >= 11 is 2.20. The van der Waals surface area contributed by atoms with Crippen molar-refractivity contribution >= 4 is 46.2 Å². The second kappa shape index (κ2) is 9.88. The summed E-state index contributed by atoms with van der Waals surface area (Å²) in [7, 11) is 0. The van der Waals surface area contributed by atoms with Gasteiger partial charge in [-0.1, -0.05) is 25.1 Å². The van der Waals surface area contributed by atoms with Gasteiger partial charge in [-0.3, -0.25) is 9.59 Å². The van der Waals surface area contributed by atoms with E-state index in [-0.39, 0.29) is 0 Å². The van der Waals surface area contributed by atoms with Crippen molar-refractivity contribution in [3.8, 4) is 11.5 Å². The van der Waals surface area contributed by atoms with Crippen LogP contribution in [0.1, 0.15) is 43.1 Å². The number of benzene rings is 2. The summed E-state index contributed by atoms with van der Waals surface area (Å²) in [6.07, 6.45) is 2.62. The Bertz CT molecular complexity index is 1020. The predicted octanol–water partition coefficient (Wildman–Crippen LogP) is 4.92. The molecule has 0 aromatic heterocycles. The molecule has 2 aromatic rings. The Morgan fingerprint density at radius 1 is 1.17 bits per heavy atom. The molecule has 3 rings (SSSR count). The number of ether oxygens (including phenoxy) is 2. The highest BCUT2D eigenvalue weighted by Crippen LogP contribution is 2.35. The van der Waals surface area contributed by atoms with E-state index in [4.69, 9.17) is 9.47 Å². The maximum atomic E-state index is 12.9. The molecule has 2 aromatic carbocycles. The maximum absolute atomic E-state index is 12.9. The first-order valence-corrected chi connectivity index (χ1v) is 10.8. The van der Waals surface area contributed by atoms with Gasteiger partial charge in [0.1, 0.15) is 0 Å². The lowest BCUT2D eigenvalue weighted by Gasteiger charge is -2.14. The monoisotopic (exact) mass is 518 g/mol. The smallest absolute Gasteiger partial charge is 0.283 e. The minimum atomic E-state index is -0.448. The van der Waals surface area contributed by atoms with Crippen LogP contribution in [0.4, 0.5) is 0 Å². The van der Waals surface area contributed by atoms with E-state index in [1.165, 1.54) is 0 Å². The molecule has 7 heteroatoms.